The van der Waals surface area contributed by atoms with E-state index in [0.717, 1.165) is 19.3 Å². The first-order valence-electron chi connectivity index (χ1n) is 3.93. The van der Waals surface area contributed by atoms with Gasteiger partial charge in [0.25, 0.3) is 0 Å². The minimum Gasteiger partial charge on any atom is -0.550 e. The van der Waals surface area contributed by atoms with Gasteiger partial charge in [0.2, 0.25) is 0 Å². The van der Waals surface area contributed by atoms with Crippen molar-refractivity contribution in [3.63, 3.8) is 0 Å². The molecule has 0 bridgehead atoms. The molecule has 0 saturated carbocycles. The Labute approximate surface area is 101 Å². The van der Waals surface area contributed by atoms with Crippen LogP contribution in [0.15, 0.2) is 0 Å². The van der Waals surface area contributed by atoms with Crippen LogP contribution in [0, 0.1) is 46.8 Å². The second kappa shape index (κ2) is 8.91. The van der Waals surface area contributed by atoms with Crippen molar-refractivity contribution in [2.75, 3.05) is 0 Å². The number of hydrogen-bond acceptors (Lipinski definition) is 2. The zero-order valence-electron chi connectivity index (χ0n) is 7.22. The molecule has 11 heavy (non-hydrogen) atoms. The van der Waals surface area contributed by atoms with E-state index in [1.165, 1.54) is 0 Å². The molecule has 0 heterocycles. The molecule has 0 fully saturated rings. The first-order chi connectivity index (χ1) is 4.72. The number of hydrogen-bond donors (Lipinski definition) is 0. The summed E-state index contributed by atoms with van der Waals surface area (Å²) in [4.78, 5) is 10.3. The van der Waals surface area contributed by atoms with Gasteiger partial charge in [0.15, 0.2) is 0 Å². The molecular formula is C8H15NdO2+2. The van der Waals surface area contributed by atoms with Crippen LogP contribution in [-0.4, -0.2) is 5.97 Å². The Morgan fingerprint density at radius 2 is 2.00 bits per heavy atom. The average molecular weight is 287 g/mol. The van der Waals surface area contributed by atoms with Crippen molar-refractivity contribution in [1.29, 1.82) is 0 Å². The minimum absolute atomic E-state index is 0. The number of unbranched alkanes of at least 4 members (excludes halogenated alkanes) is 1. The molecule has 3 heteroatoms. The van der Waals surface area contributed by atoms with Crippen LogP contribution in [-0.2, 0) is 4.79 Å². The van der Waals surface area contributed by atoms with E-state index >= 15 is 0 Å². The smallest absolute Gasteiger partial charge is 0.550 e. The van der Waals surface area contributed by atoms with Gasteiger partial charge in [0, 0.05) is 5.97 Å². The van der Waals surface area contributed by atoms with Gasteiger partial charge in [-0.2, -0.15) is 0 Å². The molecule has 0 aliphatic heterocycles. The molecule has 0 rings (SSSR count). The zero-order chi connectivity index (χ0) is 7.98. The van der Waals surface area contributed by atoms with E-state index in [0.29, 0.717) is 6.42 Å². The van der Waals surface area contributed by atoms with E-state index in [2.05, 4.69) is 6.92 Å². The van der Waals surface area contributed by atoms with Crippen molar-refractivity contribution in [3.05, 3.63) is 0 Å². The molecule has 1 unspecified atom stereocenters. The molecule has 0 amide bonds. The molecule has 0 aliphatic carbocycles. The summed E-state index contributed by atoms with van der Waals surface area (Å²) < 4.78 is 0. The summed E-state index contributed by atoms with van der Waals surface area (Å²) in [5.74, 6) is -1.11. The van der Waals surface area contributed by atoms with Gasteiger partial charge in [-0.3, -0.25) is 0 Å². The van der Waals surface area contributed by atoms with E-state index in [1.807, 2.05) is 6.92 Å². The Balaban J connectivity index is 0. The van der Waals surface area contributed by atoms with Crippen LogP contribution in [0.25, 0.3) is 0 Å². The SMILES string of the molecule is CCCCC(CC)C(=O)[O-].[Nd+3]. The Bertz CT molecular complexity index is 104. The fourth-order valence-electron chi connectivity index (χ4n) is 0.939. The molecule has 2 nitrogen and oxygen atoms in total. The van der Waals surface area contributed by atoms with Crippen LogP contribution in [0.2, 0.25) is 0 Å². The summed E-state index contributed by atoms with van der Waals surface area (Å²) in [6.07, 6.45) is 3.52. The third-order valence-electron chi connectivity index (χ3n) is 1.73. The van der Waals surface area contributed by atoms with Gasteiger partial charge >= 0.3 is 40.8 Å². The normalized spacial score (nSPS) is 11.8. The number of carbonyl (C=O) groups is 1. The maximum absolute atomic E-state index is 10.3. The van der Waals surface area contributed by atoms with Gasteiger partial charge in [-0.05, 0) is 18.8 Å². The quantitative estimate of drug-likeness (QED) is 0.755. The van der Waals surface area contributed by atoms with Crippen LogP contribution in [0.5, 0.6) is 0 Å². The van der Waals surface area contributed by atoms with E-state index in [-0.39, 0.29) is 46.8 Å². The van der Waals surface area contributed by atoms with Crippen LogP contribution in [0.1, 0.15) is 39.5 Å². The fraction of sp³-hybridized carbons (Fsp3) is 0.875. The maximum Gasteiger partial charge on any atom is 3.00 e. The summed E-state index contributed by atoms with van der Waals surface area (Å²) in [6, 6.07) is 0. The molecule has 0 N–H and O–H groups in total. The van der Waals surface area contributed by atoms with Crippen molar-refractivity contribution in [2.45, 2.75) is 39.5 Å². The summed E-state index contributed by atoms with van der Waals surface area (Å²) in [5, 5.41) is 10.3. The van der Waals surface area contributed by atoms with Gasteiger partial charge < -0.3 is 9.90 Å². The summed E-state index contributed by atoms with van der Waals surface area (Å²) in [7, 11) is 0. The van der Waals surface area contributed by atoms with Gasteiger partial charge in [0.1, 0.15) is 0 Å². The van der Waals surface area contributed by atoms with Gasteiger partial charge in [-0.15, -0.1) is 0 Å². The second-order valence-electron chi connectivity index (χ2n) is 2.57. The molecule has 0 aliphatic rings. The van der Waals surface area contributed by atoms with Crippen molar-refractivity contribution >= 4 is 5.97 Å². The molecule has 0 spiro atoms. The summed E-state index contributed by atoms with van der Waals surface area (Å²) in [6.45, 7) is 3.94. The van der Waals surface area contributed by atoms with Gasteiger partial charge in [-0.1, -0.05) is 26.7 Å². The molecule has 0 aromatic heterocycles. The maximum atomic E-state index is 10.3. The van der Waals surface area contributed by atoms with Crippen LogP contribution >= 0.6 is 0 Å². The molecule has 0 aromatic carbocycles. The number of carbonyl (C=O) groups excluding carboxylic acids is 1. The Morgan fingerprint density at radius 3 is 2.27 bits per heavy atom. The number of rotatable bonds is 5. The van der Waals surface area contributed by atoms with Crippen LogP contribution < -0.4 is 5.11 Å². The molecule has 0 saturated heterocycles. The monoisotopic (exact) mass is 285 g/mol. The third-order valence-corrected chi connectivity index (χ3v) is 1.73. The number of aliphatic carboxylic acids is 1. The topological polar surface area (TPSA) is 40.1 Å². The van der Waals surface area contributed by atoms with Crippen LogP contribution in [0.3, 0.4) is 0 Å². The molecule has 61 valence electrons. The zero-order valence-corrected chi connectivity index (χ0v) is 10.4. The van der Waals surface area contributed by atoms with Gasteiger partial charge in [0.05, 0.1) is 0 Å². The predicted molar refractivity (Wildman–Crippen MR) is 38.3 cm³/mol. The first-order valence-corrected chi connectivity index (χ1v) is 3.93. The van der Waals surface area contributed by atoms with E-state index in [9.17, 15) is 9.90 Å². The standard InChI is InChI=1S/C8H16O2.Nd/c1-3-5-6-7(4-2)8(9)10;/h7H,3-6H2,1-2H3,(H,9,10);/q;+3/p-1. The van der Waals surface area contributed by atoms with Crippen LogP contribution in [0.4, 0.5) is 0 Å². The third kappa shape index (κ3) is 7.19. The summed E-state index contributed by atoms with van der Waals surface area (Å²) in [5.41, 5.74) is 0. The second-order valence-corrected chi connectivity index (χ2v) is 2.57. The molecular weight excluding hydrogens is 272 g/mol. The Morgan fingerprint density at radius 1 is 1.45 bits per heavy atom. The van der Waals surface area contributed by atoms with Gasteiger partial charge in [-0.25, -0.2) is 0 Å². The Kier molecular flexibility index (Phi) is 11.6. The molecule has 0 aromatic rings. The molecule has 1 atom stereocenters. The van der Waals surface area contributed by atoms with Crippen molar-refractivity contribution in [2.24, 2.45) is 5.92 Å². The van der Waals surface area contributed by atoms with Crippen molar-refractivity contribution < 1.29 is 50.7 Å². The predicted octanol–water partition coefficient (Wildman–Crippen LogP) is 0.953. The van der Waals surface area contributed by atoms with Crippen molar-refractivity contribution in [1.82, 2.24) is 0 Å². The minimum atomic E-state index is -0.893. The fourth-order valence-corrected chi connectivity index (χ4v) is 0.939. The number of carboxylic acids is 1. The first kappa shape index (κ1) is 14.4. The molecule has 1 radical (unpaired) electrons. The summed E-state index contributed by atoms with van der Waals surface area (Å²) >= 11 is 0. The Hall–Kier alpha value is 0.821. The van der Waals surface area contributed by atoms with E-state index in [1.54, 1.807) is 0 Å². The number of carboxylic acid groups (broad SMARTS) is 1. The van der Waals surface area contributed by atoms with E-state index in [4.69, 9.17) is 0 Å². The largest absolute Gasteiger partial charge is 3.00 e. The van der Waals surface area contributed by atoms with Crippen molar-refractivity contribution in [3.8, 4) is 0 Å². The van der Waals surface area contributed by atoms with E-state index < -0.39 is 5.97 Å². The average Bonchev–Trinajstić information content (AvgIpc) is 1.89.